The molecule has 0 saturated carbocycles. The van der Waals surface area contributed by atoms with Crippen molar-refractivity contribution in [3.05, 3.63) is 0 Å². The molecule has 3 heteroatoms. The van der Waals surface area contributed by atoms with E-state index >= 15 is 0 Å². The third-order valence-electron chi connectivity index (χ3n) is 2.37. The van der Waals surface area contributed by atoms with Gasteiger partial charge < -0.3 is 9.64 Å². The number of rotatable bonds is 3. The number of carbonyl (C=O) groups excluding carboxylic acids is 1. The molecule has 1 saturated heterocycles. The molecule has 13 heavy (non-hydrogen) atoms. The summed E-state index contributed by atoms with van der Waals surface area (Å²) in [5.74, 6) is 0.293. The standard InChI is InChI=1S/C10H19NO2/c1-8(2)10(12)11(3)7-9-5-4-6-13-9/h8-9H,4-7H2,1-3H3. The molecule has 76 valence electrons. The number of amides is 1. The number of nitrogens with zero attached hydrogens (tertiary/aromatic N) is 1. The first-order valence-corrected chi connectivity index (χ1v) is 4.98. The van der Waals surface area contributed by atoms with Gasteiger partial charge in [-0.05, 0) is 12.8 Å². The zero-order chi connectivity index (χ0) is 9.84. The van der Waals surface area contributed by atoms with E-state index in [2.05, 4.69) is 0 Å². The second kappa shape index (κ2) is 4.61. The van der Waals surface area contributed by atoms with Gasteiger partial charge in [0.15, 0.2) is 0 Å². The molecule has 0 radical (unpaired) electrons. The summed E-state index contributed by atoms with van der Waals surface area (Å²) in [6.45, 7) is 5.45. The van der Waals surface area contributed by atoms with E-state index in [9.17, 15) is 4.79 Å². The van der Waals surface area contributed by atoms with Crippen molar-refractivity contribution in [2.24, 2.45) is 5.92 Å². The lowest BCUT2D eigenvalue weighted by molar-refractivity contribution is -0.134. The topological polar surface area (TPSA) is 29.5 Å². The van der Waals surface area contributed by atoms with Gasteiger partial charge in [-0.25, -0.2) is 0 Å². The van der Waals surface area contributed by atoms with Gasteiger partial charge in [0.1, 0.15) is 0 Å². The quantitative estimate of drug-likeness (QED) is 0.663. The van der Waals surface area contributed by atoms with Gasteiger partial charge in [0.2, 0.25) is 5.91 Å². The maximum atomic E-state index is 11.5. The van der Waals surface area contributed by atoms with Crippen LogP contribution in [-0.4, -0.2) is 37.1 Å². The summed E-state index contributed by atoms with van der Waals surface area (Å²) < 4.78 is 5.46. The molecule has 0 aromatic heterocycles. The third kappa shape index (κ3) is 2.99. The van der Waals surface area contributed by atoms with Crippen molar-refractivity contribution in [3.63, 3.8) is 0 Å². The molecule has 0 aromatic carbocycles. The molecule has 1 rings (SSSR count). The van der Waals surface area contributed by atoms with Gasteiger partial charge in [-0.1, -0.05) is 13.8 Å². The molecule has 1 aliphatic rings. The summed E-state index contributed by atoms with van der Waals surface area (Å²) in [6.07, 6.45) is 2.50. The van der Waals surface area contributed by atoms with Gasteiger partial charge in [-0.3, -0.25) is 4.79 Å². The molecule has 3 nitrogen and oxygen atoms in total. The average Bonchev–Trinajstić information content (AvgIpc) is 2.55. The maximum Gasteiger partial charge on any atom is 0.224 e. The summed E-state index contributed by atoms with van der Waals surface area (Å²) in [5.41, 5.74) is 0. The van der Waals surface area contributed by atoms with Crippen LogP contribution >= 0.6 is 0 Å². The van der Waals surface area contributed by atoms with E-state index in [1.165, 1.54) is 0 Å². The van der Waals surface area contributed by atoms with Crippen LogP contribution < -0.4 is 0 Å². The Kier molecular flexibility index (Phi) is 3.72. The molecule has 1 amide bonds. The fourth-order valence-corrected chi connectivity index (χ4v) is 1.62. The average molecular weight is 185 g/mol. The zero-order valence-corrected chi connectivity index (χ0v) is 8.75. The number of likely N-dealkylation sites (N-methyl/N-ethyl adjacent to an activating group) is 1. The van der Waals surface area contributed by atoms with E-state index < -0.39 is 0 Å². The van der Waals surface area contributed by atoms with Crippen molar-refractivity contribution in [3.8, 4) is 0 Å². The highest BCUT2D eigenvalue weighted by Crippen LogP contribution is 2.13. The van der Waals surface area contributed by atoms with Crippen molar-refractivity contribution in [2.45, 2.75) is 32.8 Å². The minimum absolute atomic E-state index is 0.0893. The molecule has 0 spiro atoms. The Morgan fingerprint density at radius 1 is 1.62 bits per heavy atom. The normalized spacial score (nSPS) is 22.3. The molecule has 1 heterocycles. The van der Waals surface area contributed by atoms with Gasteiger partial charge in [0, 0.05) is 26.1 Å². The van der Waals surface area contributed by atoms with Crippen LogP contribution in [0, 0.1) is 5.92 Å². The van der Waals surface area contributed by atoms with Crippen molar-refractivity contribution in [2.75, 3.05) is 20.2 Å². The molecule has 1 fully saturated rings. The number of carbonyl (C=O) groups is 1. The summed E-state index contributed by atoms with van der Waals surface area (Å²) in [4.78, 5) is 13.3. The fourth-order valence-electron chi connectivity index (χ4n) is 1.62. The van der Waals surface area contributed by atoms with E-state index in [4.69, 9.17) is 4.74 Å². The minimum Gasteiger partial charge on any atom is -0.376 e. The molecular formula is C10H19NO2. The summed E-state index contributed by atoms with van der Waals surface area (Å²) in [6, 6.07) is 0. The van der Waals surface area contributed by atoms with Gasteiger partial charge in [-0.15, -0.1) is 0 Å². The van der Waals surface area contributed by atoms with Gasteiger partial charge in [0.05, 0.1) is 6.10 Å². The third-order valence-corrected chi connectivity index (χ3v) is 2.37. The lowest BCUT2D eigenvalue weighted by Crippen LogP contribution is -2.36. The van der Waals surface area contributed by atoms with E-state index in [1.807, 2.05) is 20.9 Å². The Hall–Kier alpha value is -0.570. The monoisotopic (exact) mass is 185 g/mol. The zero-order valence-electron chi connectivity index (χ0n) is 8.75. The predicted molar refractivity (Wildman–Crippen MR) is 51.4 cm³/mol. The molecule has 0 bridgehead atoms. The highest BCUT2D eigenvalue weighted by molar-refractivity contribution is 5.77. The molecule has 1 unspecified atom stereocenters. The van der Waals surface area contributed by atoms with E-state index in [1.54, 1.807) is 4.90 Å². The molecular weight excluding hydrogens is 166 g/mol. The SMILES string of the molecule is CC(C)C(=O)N(C)CC1CCCO1. The van der Waals surface area contributed by atoms with E-state index in [0.717, 1.165) is 26.0 Å². The smallest absolute Gasteiger partial charge is 0.224 e. The molecule has 0 aromatic rings. The Morgan fingerprint density at radius 2 is 2.31 bits per heavy atom. The van der Waals surface area contributed by atoms with Crippen LogP contribution in [0.1, 0.15) is 26.7 Å². The minimum atomic E-state index is 0.0893. The lowest BCUT2D eigenvalue weighted by atomic mass is 10.1. The predicted octanol–water partition coefficient (Wildman–Crippen LogP) is 1.28. The second-order valence-corrected chi connectivity index (χ2v) is 4.01. The molecule has 0 aliphatic carbocycles. The molecule has 1 aliphatic heterocycles. The van der Waals surface area contributed by atoms with Crippen LogP contribution in [0.5, 0.6) is 0 Å². The van der Waals surface area contributed by atoms with Crippen LogP contribution in [0.2, 0.25) is 0 Å². The first-order valence-electron chi connectivity index (χ1n) is 4.98. The maximum absolute atomic E-state index is 11.5. The molecule has 1 atom stereocenters. The summed E-state index contributed by atoms with van der Waals surface area (Å²) in [7, 11) is 1.85. The Labute approximate surface area is 80.1 Å². The number of ether oxygens (including phenoxy) is 1. The second-order valence-electron chi connectivity index (χ2n) is 4.01. The first kappa shape index (κ1) is 10.5. The summed E-state index contributed by atoms with van der Waals surface area (Å²) in [5, 5.41) is 0. The number of hydrogen-bond acceptors (Lipinski definition) is 2. The van der Waals surface area contributed by atoms with Crippen molar-refractivity contribution in [1.29, 1.82) is 0 Å². The van der Waals surface area contributed by atoms with Crippen LogP contribution in [0.15, 0.2) is 0 Å². The van der Waals surface area contributed by atoms with E-state index in [-0.39, 0.29) is 17.9 Å². The van der Waals surface area contributed by atoms with E-state index in [0.29, 0.717) is 0 Å². The van der Waals surface area contributed by atoms with Crippen molar-refractivity contribution >= 4 is 5.91 Å². The largest absolute Gasteiger partial charge is 0.376 e. The van der Waals surface area contributed by atoms with Crippen molar-refractivity contribution < 1.29 is 9.53 Å². The Balaban J connectivity index is 2.31. The Morgan fingerprint density at radius 3 is 2.77 bits per heavy atom. The van der Waals surface area contributed by atoms with Gasteiger partial charge in [0.25, 0.3) is 0 Å². The van der Waals surface area contributed by atoms with Crippen LogP contribution in [0.4, 0.5) is 0 Å². The van der Waals surface area contributed by atoms with Gasteiger partial charge in [-0.2, -0.15) is 0 Å². The van der Waals surface area contributed by atoms with Gasteiger partial charge >= 0.3 is 0 Å². The van der Waals surface area contributed by atoms with Crippen LogP contribution in [-0.2, 0) is 9.53 Å². The summed E-state index contributed by atoms with van der Waals surface area (Å²) >= 11 is 0. The fraction of sp³-hybridized carbons (Fsp3) is 0.900. The molecule has 0 N–H and O–H groups in total. The van der Waals surface area contributed by atoms with Crippen LogP contribution in [0.3, 0.4) is 0 Å². The van der Waals surface area contributed by atoms with Crippen molar-refractivity contribution in [1.82, 2.24) is 4.90 Å². The highest BCUT2D eigenvalue weighted by atomic mass is 16.5. The highest BCUT2D eigenvalue weighted by Gasteiger charge is 2.20. The number of hydrogen-bond donors (Lipinski definition) is 0. The Bertz CT molecular complexity index is 174. The van der Waals surface area contributed by atoms with Crippen LogP contribution in [0.25, 0.3) is 0 Å². The first-order chi connectivity index (χ1) is 6.11. The lowest BCUT2D eigenvalue weighted by Gasteiger charge is -2.22.